The van der Waals surface area contributed by atoms with Crippen LogP contribution in [0.4, 0.5) is 0 Å². The maximum atomic E-state index is 0. The molecule has 0 atom stereocenters. The van der Waals surface area contributed by atoms with Crippen molar-refractivity contribution in [2.24, 2.45) is 0 Å². The first-order valence-electron chi connectivity index (χ1n) is 0. The molecule has 0 bridgehead atoms. The van der Waals surface area contributed by atoms with Crippen LogP contribution in [0.15, 0.2) is 0 Å². The summed E-state index contributed by atoms with van der Waals surface area (Å²) in [4.78, 5) is 0. The number of hydrogen-bond donors (Lipinski definition) is 0. The van der Waals surface area contributed by atoms with Crippen molar-refractivity contribution in [2.45, 2.75) is 0 Å². The van der Waals surface area contributed by atoms with E-state index in [2.05, 4.69) is 0 Å². The predicted octanol–water partition coefficient (Wildman–Crippen LogP) is -16.3. The molecule has 0 unspecified atom stereocenters. The molecule has 12 nitrogen and oxygen atoms in total. The Labute approximate surface area is 128 Å². The molecule has 15 heavy (non-hydrogen) atoms. The van der Waals surface area contributed by atoms with E-state index in [1.165, 1.54) is 0 Å². The molecule has 0 saturated heterocycles. The van der Waals surface area contributed by atoms with Crippen LogP contribution in [0.25, 0.3) is 0 Å². The Bertz CT molecular complexity index is 13.6. The Balaban J connectivity index is 0. The Morgan fingerprint density at radius 1 is 0.200 bits per heavy atom. The van der Waals surface area contributed by atoms with E-state index >= 15 is 0 Å². The van der Waals surface area contributed by atoms with Gasteiger partial charge in [-0.25, -0.2) is 0 Å². The van der Waals surface area contributed by atoms with Gasteiger partial charge in [0.05, 0.1) is 0 Å². The zero-order valence-electron chi connectivity index (χ0n) is 7.46. The minimum atomic E-state index is 0. The molecule has 0 aliphatic heterocycles. The van der Waals surface area contributed by atoms with Crippen molar-refractivity contribution in [1.29, 1.82) is 0 Å². The topological polar surface area (TPSA) is 378 Å². The molecule has 0 aromatic carbocycles. The standard InChI is InChI=1S/Ca.2ClH.12H2O/h;2*1H;12*1H2/q+2;;;;;;;;;;;;;;/p-2. The number of hydrogen-bond acceptors (Lipinski definition) is 0. The van der Waals surface area contributed by atoms with Gasteiger partial charge in [0.2, 0.25) is 0 Å². The third kappa shape index (κ3) is 1480. The minimum absolute atomic E-state index is 0. The molecule has 0 aliphatic rings. The summed E-state index contributed by atoms with van der Waals surface area (Å²) in [6.07, 6.45) is 0. The largest absolute Gasteiger partial charge is 2.00 e. The smallest absolute Gasteiger partial charge is 1.00 e. The monoisotopic (exact) mass is 326 g/mol. The van der Waals surface area contributed by atoms with E-state index in [-0.39, 0.29) is 128 Å². The first kappa shape index (κ1) is 2090. The summed E-state index contributed by atoms with van der Waals surface area (Å²) in [5.74, 6) is 0. The first-order valence-corrected chi connectivity index (χ1v) is 0. The van der Waals surface area contributed by atoms with Gasteiger partial charge in [-0.1, -0.05) is 0 Å². The van der Waals surface area contributed by atoms with Gasteiger partial charge in [-0.2, -0.15) is 0 Å². The predicted molar refractivity (Wildman–Crippen MR) is 49.1 cm³/mol. The van der Waals surface area contributed by atoms with Crippen LogP contribution in [-0.4, -0.2) is 103 Å². The van der Waals surface area contributed by atoms with Crippen LogP contribution in [0.3, 0.4) is 0 Å². The van der Waals surface area contributed by atoms with Crippen LogP contribution < -0.4 is 24.8 Å². The second-order valence-corrected chi connectivity index (χ2v) is 0. The third-order valence-electron chi connectivity index (χ3n) is 0. The molecule has 0 aromatic heterocycles. The molecule has 0 amide bonds. The zero-order valence-corrected chi connectivity index (χ0v) is 11.2. The van der Waals surface area contributed by atoms with Crippen LogP contribution >= 0.6 is 0 Å². The summed E-state index contributed by atoms with van der Waals surface area (Å²) in [6, 6.07) is 0. The fourth-order valence-electron chi connectivity index (χ4n) is 0. The van der Waals surface area contributed by atoms with Gasteiger partial charge in [0, 0.05) is 0 Å². The van der Waals surface area contributed by atoms with Gasteiger partial charge in [0.25, 0.3) is 0 Å². The molecule has 0 rings (SSSR count). The quantitative estimate of drug-likeness (QED) is 0.373. The molecule has 0 aliphatic carbocycles. The Kier molecular flexibility index (Phi) is 238000. The molecule has 0 heterocycles. The van der Waals surface area contributed by atoms with E-state index in [1.54, 1.807) is 0 Å². The minimum Gasteiger partial charge on any atom is -1.00 e. The van der Waals surface area contributed by atoms with Crippen molar-refractivity contribution in [2.75, 3.05) is 0 Å². The van der Waals surface area contributed by atoms with E-state index in [0.29, 0.717) is 0 Å². The van der Waals surface area contributed by atoms with E-state index in [4.69, 9.17) is 0 Å². The summed E-state index contributed by atoms with van der Waals surface area (Å²) < 4.78 is 0. The molecule has 0 fully saturated rings. The fourth-order valence-corrected chi connectivity index (χ4v) is 0. The summed E-state index contributed by atoms with van der Waals surface area (Å²) in [7, 11) is 0. The molecule has 112 valence electrons. The second-order valence-electron chi connectivity index (χ2n) is 0. The van der Waals surface area contributed by atoms with Crippen LogP contribution in [0.1, 0.15) is 0 Å². The maximum Gasteiger partial charge on any atom is 2.00 e. The molecular weight excluding hydrogens is 303 g/mol. The summed E-state index contributed by atoms with van der Waals surface area (Å²) in [5.41, 5.74) is 0. The molecular formula is H24CaCl2O12. The Morgan fingerprint density at radius 3 is 0.200 bits per heavy atom. The van der Waals surface area contributed by atoms with Crippen LogP contribution in [0.2, 0.25) is 0 Å². The first-order chi connectivity index (χ1) is 0. The van der Waals surface area contributed by atoms with E-state index in [1.807, 2.05) is 0 Å². The van der Waals surface area contributed by atoms with Gasteiger partial charge >= 0.3 is 37.7 Å². The van der Waals surface area contributed by atoms with E-state index in [9.17, 15) is 0 Å². The molecule has 0 aromatic rings. The summed E-state index contributed by atoms with van der Waals surface area (Å²) >= 11 is 0. The average molecular weight is 327 g/mol. The molecule has 0 radical (unpaired) electrons. The maximum absolute atomic E-state index is 0. The summed E-state index contributed by atoms with van der Waals surface area (Å²) in [5, 5.41) is 0. The van der Waals surface area contributed by atoms with Crippen molar-refractivity contribution < 1.29 is 90.5 Å². The van der Waals surface area contributed by atoms with E-state index in [0.717, 1.165) is 0 Å². The second kappa shape index (κ2) is 1710. The van der Waals surface area contributed by atoms with Gasteiger partial charge in [0.15, 0.2) is 0 Å². The molecule has 15 heteroatoms. The Hall–Kier alpha value is 1.36. The Morgan fingerprint density at radius 2 is 0.200 bits per heavy atom. The van der Waals surface area contributed by atoms with Gasteiger partial charge in [-0.05, 0) is 0 Å². The average Bonchev–Trinajstić information content (AvgIpc) is 0. The normalized spacial score (nSPS) is 0. The van der Waals surface area contributed by atoms with E-state index < -0.39 is 0 Å². The van der Waals surface area contributed by atoms with Crippen molar-refractivity contribution in [3.8, 4) is 0 Å². The van der Waals surface area contributed by atoms with Crippen LogP contribution in [-0.2, 0) is 0 Å². The number of halogens is 2. The van der Waals surface area contributed by atoms with Crippen molar-refractivity contribution in [1.82, 2.24) is 0 Å². The van der Waals surface area contributed by atoms with Gasteiger partial charge in [0.1, 0.15) is 0 Å². The SMILES string of the molecule is O.O.O.O.O.O.O.O.O.O.O.O.[Ca+2].[Cl-].[Cl-]. The third-order valence-corrected chi connectivity index (χ3v) is 0. The van der Waals surface area contributed by atoms with Crippen LogP contribution in [0.5, 0.6) is 0 Å². The van der Waals surface area contributed by atoms with Crippen molar-refractivity contribution >= 4 is 37.7 Å². The molecule has 0 saturated carbocycles. The molecule has 0 spiro atoms. The van der Waals surface area contributed by atoms with Crippen molar-refractivity contribution in [3.63, 3.8) is 0 Å². The van der Waals surface area contributed by atoms with Gasteiger partial charge < -0.3 is 90.5 Å². The fraction of sp³-hybridized carbons (Fsp3) is 0. The van der Waals surface area contributed by atoms with Gasteiger partial charge in [-0.3, -0.25) is 0 Å². The van der Waals surface area contributed by atoms with Gasteiger partial charge in [-0.15, -0.1) is 0 Å². The zero-order chi connectivity index (χ0) is 0. The van der Waals surface area contributed by atoms with Crippen LogP contribution in [0, 0.1) is 0 Å². The van der Waals surface area contributed by atoms with Crippen molar-refractivity contribution in [3.05, 3.63) is 0 Å². The summed E-state index contributed by atoms with van der Waals surface area (Å²) in [6.45, 7) is 0. The number of rotatable bonds is 0. The molecule has 24 N–H and O–H groups in total.